The summed E-state index contributed by atoms with van der Waals surface area (Å²) in [4.78, 5) is 13.2. The quantitative estimate of drug-likeness (QED) is 0.926. The molecule has 0 bridgehead atoms. The minimum atomic E-state index is -0.918. The lowest BCUT2D eigenvalue weighted by Gasteiger charge is -2.40. The van der Waals surface area contributed by atoms with Crippen LogP contribution in [0.25, 0.3) is 0 Å². The fourth-order valence-electron chi connectivity index (χ4n) is 2.47. The van der Waals surface area contributed by atoms with Gasteiger partial charge in [-0.25, -0.2) is 4.79 Å². The maximum Gasteiger partial charge on any atom is 0.336 e. The van der Waals surface area contributed by atoms with E-state index in [0.29, 0.717) is 4.47 Å². The van der Waals surface area contributed by atoms with Gasteiger partial charge in [0.25, 0.3) is 0 Å². The molecule has 2 rings (SSSR count). The van der Waals surface area contributed by atoms with Gasteiger partial charge in [0.1, 0.15) is 0 Å². The van der Waals surface area contributed by atoms with Crippen LogP contribution < -0.4 is 4.90 Å². The first-order chi connectivity index (χ1) is 8.95. The second kappa shape index (κ2) is 5.51. The topological polar surface area (TPSA) is 49.8 Å². The maximum atomic E-state index is 11.0. The third-order valence-electron chi connectivity index (χ3n) is 3.70. The molecule has 5 heteroatoms. The third kappa shape index (κ3) is 3.09. The van der Waals surface area contributed by atoms with Crippen LogP contribution in [0.5, 0.6) is 0 Å². The second-order valence-electron chi connectivity index (χ2n) is 5.15. The number of ether oxygens (including phenoxy) is 1. The molecule has 1 fully saturated rings. The molecular formula is C14H18BrNO3. The average molecular weight is 328 g/mol. The van der Waals surface area contributed by atoms with Crippen molar-refractivity contribution in [1.29, 1.82) is 0 Å². The number of aromatic carboxylic acids is 1. The number of carbonyl (C=O) groups is 1. The van der Waals surface area contributed by atoms with E-state index in [2.05, 4.69) is 27.8 Å². The standard InChI is InChI=1S/C14H18BrNO3/c1-14(19-2)6-3-7-16(9-14)10-4-5-11(13(17)18)12(15)8-10/h4-5,8H,3,6-7,9H2,1-2H3,(H,17,18). The van der Waals surface area contributed by atoms with Crippen LogP contribution in [0, 0.1) is 0 Å². The summed E-state index contributed by atoms with van der Waals surface area (Å²) in [5.74, 6) is -0.918. The van der Waals surface area contributed by atoms with E-state index in [0.717, 1.165) is 31.6 Å². The van der Waals surface area contributed by atoms with E-state index >= 15 is 0 Å². The SMILES string of the molecule is COC1(C)CCCN(c2ccc(C(=O)O)c(Br)c2)C1. The highest BCUT2D eigenvalue weighted by molar-refractivity contribution is 9.10. The lowest BCUT2D eigenvalue weighted by Crippen LogP contribution is -2.47. The van der Waals surface area contributed by atoms with Crippen molar-refractivity contribution >= 4 is 27.6 Å². The van der Waals surface area contributed by atoms with E-state index in [1.165, 1.54) is 0 Å². The predicted octanol–water partition coefficient (Wildman–Crippen LogP) is 3.15. The number of halogens is 1. The van der Waals surface area contributed by atoms with E-state index in [-0.39, 0.29) is 11.2 Å². The number of carboxylic acids is 1. The maximum absolute atomic E-state index is 11.0. The number of carboxylic acid groups (broad SMARTS) is 1. The van der Waals surface area contributed by atoms with Gasteiger partial charge in [-0.2, -0.15) is 0 Å². The van der Waals surface area contributed by atoms with E-state index in [4.69, 9.17) is 9.84 Å². The lowest BCUT2D eigenvalue weighted by atomic mass is 9.94. The van der Waals surface area contributed by atoms with Crippen LogP contribution in [0.1, 0.15) is 30.1 Å². The van der Waals surface area contributed by atoms with Crippen molar-refractivity contribution in [2.75, 3.05) is 25.1 Å². The summed E-state index contributed by atoms with van der Waals surface area (Å²) in [6.45, 7) is 3.90. The molecule has 0 aromatic heterocycles. The number of hydrogen-bond donors (Lipinski definition) is 1. The number of nitrogens with zero attached hydrogens (tertiary/aromatic N) is 1. The molecule has 4 nitrogen and oxygen atoms in total. The molecule has 1 aromatic rings. The second-order valence-corrected chi connectivity index (χ2v) is 6.00. The summed E-state index contributed by atoms with van der Waals surface area (Å²) in [6.07, 6.45) is 2.12. The molecule has 1 aliphatic heterocycles. The molecule has 104 valence electrons. The van der Waals surface area contributed by atoms with Crippen molar-refractivity contribution in [3.8, 4) is 0 Å². The van der Waals surface area contributed by atoms with Crippen molar-refractivity contribution in [2.24, 2.45) is 0 Å². The van der Waals surface area contributed by atoms with Crippen LogP contribution in [0.3, 0.4) is 0 Å². The Balaban J connectivity index is 2.23. The number of piperidine rings is 1. The van der Waals surface area contributed by atoms with Gasteiger partial charge in [-0.05, 0) is 53.9 Å². The van der Waals surface area contributed by atoms with E-state index in [9.17, 15) is 4.79 Å². The van der Waals surface area contributed by atoms with Crippen molar-refractivity contribution in [2.45, 2.75) is 25.4 Å². The first-order valence-corrected chi connectivity index (χ1v) is 7.07. The smallest absolute Gasteiger partial charge is 0.336 e. The molecule has 1 aromatic carbocycles. The highest BCUT2D eigenvalue weighted by Crippen LogP contribution is 2.30. The fourth-order valence-corrected chi connectivity index (χ4v) is 3.00. The average Bonchev–Trinajstić information content (AvgIpc) is 2.38. The van der Waals surface area contributed by atoms with Crippen LogP contribution in [0.15, 0.2) is 22.7 Å². The summed E-state index contributed by atoms with van der Waals surface area (Å²) in [5, 5.41) is 9.02. The minimum absolute atomic E-state index is 0.129. The summed E-state index contributed by atoms with van der Waals surface area (Å²) in [7, 11) is 1.74. The molecule has 1 saturated heterocycles. The van der Waals surface area contributed by atoms with Gasteiger partial charge < -0.3 is 14.7 Å². The highest BCUT2D eigenvalue weighted by atomic mass is 79.9. The van der Waals surface area contributed by atoms with Gasteiger partial charge in [0.15, 0.2) is 0 Å². The van der Waals surface area contributed by atoms with Gasteiger partial charge in [-0.1, -0.05) is 0 Å². The zero-order valence-corrected chi connectivity index (χ0v) is 12.7. The first kappa shape index (κ1) is 14.3. The van der Waals surface area contributed by atoms with Crippen molar-refractivity contribution in [3.63, 3.8) is 0 Å². The van der Waals surface area contributed by atoms with Gasteiger partial charge >= 0.3 is 5.97 Å². The van der Waals surface area contributed by atoms with E-state index in [1.807, 2.05) is 12.1 Å². The van der Waals surface area contributed by atoms with Crippen LogP contribution in [-0.2, 0) is 4.74 Å². The number of methoxy groups -OCH3 is 1. The van der Waals surface area contributed by atoms with Crippen molar-refractivity contribution < 1.29 is 14.6 Å². The molecular weight excluding hydrogens is 310 g/mol. The Bertz CT molecular complexity index is 492. The van der Waals surface area contributed by atoms with E-state index in [1.54, 1.807) is 13.2 Å². The van der Waals surface area contributed by atoms with Crippen LogP contribution in [0.4, 0.5) is 5.69 Å². The zero-order valence-electron chi connectivity index (χ0n) is 11.1. The number of anilines is 1. The third-order valence-corrected chi connectivity index (χ3v) is 4.36. The van der Waals surface area contributed by atoms with Gasteiger partial charge in [0.2, 0.25) is 0 Å². The van der Waals surface area contributed by atoms with E-state index < -0.39 is 5.97 Å². The summed E-state index contributed by atoms with van der Waals surface area (Å²) >= 11 is 3.32. The molecule has 1 heterocycles. The largest absolute Gasteiger partial charge is 0.478 e. The lowest BCUT2D eigenvalue weighted by molar-refractivity contribution is -0.00466. The predicted molar refractivity (Wildman–Crippen MR) is 78.0 cm³/mol. The van der Waals surface area contributed by atoms with Crippen molar-refractivity contribution in [3.05, 3.63) is 28.2 Å². The van der Waals surface area contributed by atoms with Crippen LogP contribution in [0.2, 0.25) is 0 Å². The molecule has 0 amide bonds. The molecule has 1 unspecified atom stereocenters. The number of rotatable bonds is 3. The Labute approximate surface area is 121 Å². The van der Waals surface area contributed by atoms with Gasteiger partial charge in [-0.15, -0.1) is 0 Å². The summed E-state index contributed by atoms with van der Waals surface area (Å²) < 4.78 is 6.19. The molecule has 0 aliphatic carbocycles. The minimum Gasteiger partial charge on any atom is -0.478 e. The molecule has 19 heavy (non-hydrogen) atoms. The van der Waals surface area contributed by atoms with Crippen LogP contribution in [-0.4, -0.2) is 36.9 Å². The normalized spacial score (nSPS) is 23.4. The summed E-state index contributed by atoms with van der Waals surface area (Å²) in [5.41, 5.74) is 1.19. The fraction of sp³-hybridized carbons (Fsp3) is 0.500. The van der Waals surface area contributed by atoms with Gasteiger partial charge in [0.05, 0.1) is 11.2 Å². The van der Waals surface area contributed by atoms with Crippen LogP contribution >= 0.6 is 15.9 Å². The highest BCUT2D eigenvalue weighted by Gasteiger charge is 2.31. The Morgan fingerprint density at radius 3 is 2.84 bits per heavy atom. The Morgan fingerprint density at radius 1 is 1.53 bits per heavy atom. The molecule has 1 atom stereocenters. The molecule has 0 radical (unpaired) electrons. The number of hydrogen-bond acceptors (Lipinski definition) is 3. The zero-order chi connectivity index (χ0) is 14.0. The van der Waals surface area contributed by atoms with Gasteiger partial charge in [-0.3, -0.25) is 0 Å². The first-order valence-electron chi connectivity index (χ1n) is 6.28. The number of benzene rings is 1. The summed E-state index contributed by atoms with van der Waals surface area (Å²) in [6, 6.07) is 5.36. The molecule has 0 saturated carbocycles. The Morgan fingerprint density at radius 2 is 2.26 bits per heavy atom. The Hall–Kier alpha value is -1.07. The van der Waals surface area contributed by atoms with Gasteiger partial charge in [0, 0.05) is 30.4 Å². The molecule has 1 aliphatic rings. The molecule has 1 N–H and O–H groups in total. The molecule has 0 spiro atoms. The van der Waals surface area contributed by atoms with Crippen molar-refractivity contribution in [1.82, 2.24) is 0 Å². The monoisotopic (exact) mass is 327 g/mol. The Kier molecular flexibility index (Phi) is 4.16.